The van der Waals surface area contributed by atoms with E-state index in [0.29, 0.717) is 5.75 Å². The predicted molar refractivity (Wildman–Crippen MR) is 113 cm³/mol. The van der Waals surface area contributed by atoms with Crippen molar-refractivity contribution in [2.24, 2.45) is 10.8 Å². The van der Waals surface area contributed by atoms with Crippen molar-refractivity contribution < 1.29 is 14.3 Å². The summed E-state index contributed by atoms with van der Waals surface area (Å²) in [5.74, 6) is 0.592. The van der Waals surface area contributed by atoms with Gasteiger partial charge in [-0.1, -0.05) is 81.4 Å². The number of hydrogen-bond acceptors (Lipinski definition) is 3. The Labute approximate surface area is 162 Å². The maximum atomic E-state index is 9.51. The zero-order valence-electron chi connectivity index (χ0n) is 18.4. The molecule has 0 spiro atoms. The van der Waals surface area contributed by atoms with E-state index < -0.39 is 8.60 Å². The lowest BCUT2D eigenvalue weighted by atomic mass is 9.64. The van der Waals surface area contributed by atoms with Crippen LogP contribution in [0.5, 0.6) is 5.75 Å². The lowest BCUT2D eigenvalue weighted by Gasteiger charge is -2.40. The lowest BCUT2D eigenvalue weighted by Crippen LogP contribution is -2.32. The van der Waals surface area contributed by atoms with Crippen molar-refractivity contribution in [1.29, 1.82) is 0 Å². The van der Waals surface area contributed by atoms with Gasteiger partial charge in [0.05, 0.1) is 0 Å². The average Bonchev–Trinajstić information content (AvgIpc) is 2.31. The van der Waals surface area contributed by atoms with Crippen LogP contribution in [0.15, 0.2) is 18.2 Å². The van der Waals surface area contributed by atoms with Crippen LogP contribution in [0.1, 0.15) is 93.2 Å². The van der Waals surface area contributed by atoms with Crippen LogP contribution in [0.2, 0.25) is 0 Å². The Balaban J connectivity index is 3.61. The molecule has 0 unspecified atom stereocenters. The third kappa shape index (κ3) is 6.83. The molecule has 4 heteroatoms. The van der Waals surface area contributed by atoms with Gasteiger partial charge in [0.25, 0.3) is 0 Å². The first-order chi connectivity index (χ1) is 11.4. The van der Waals surface area contributed by atoms with Crippen molar-refractivity contribution in [1.82, 2.24) is 0 Å². The summed E-state index contributed by atoms with van der Waals surface area (Å²) in [6, 6.07) is 6.00. The molecular formula is C22H39O3P. The topological polar surface area (TPSA) is 49.7 Å². The summed E-state index contributed by atoms with van der Waals surface area (Å²) in [6.07, 6.45) is 1.99. The van der Waals surface area contributed by atoms with Crippen LogP contribution in [0.3, 0.4) is 0 Å². The molecule has 3 nitrogen and oxygen atoms in total. The first kappa shape index (κ1) is 23.4. The molecule has 0 radical (unpaired) electrons. The summed E-state index contributed by atoms with van der Waals surface area (Å²) in [7, 11) is -2.45. The molecule has 0 aromatic heterocycles. The molecule has 1 rings (SSSR count). The Morgan fingerprint density at radius 2 is 1.23 bits per heavy atom. The largest absolute Gasteiger partial charge is 0.427 e. The summed E-state index contributed by atoms with van der Waals surface area (Å²) in [5, 5.41) is 0. The molecule has 0 fully saturated rings. The molecule has 0 aliphatic heterocycles. The average molecular weight is 383 g/mol. The molecule has 150 valence electrons. The highest BCUT2D eigenvalue weighted by molar-refractivity contribution is 7.39. The molecule has 0 aliphatic rings. The fourth-order valence-corrected chi connectivity index (χ4v) is 5.12. The van der Waals surface area contributed by atoms with Crippen molar-refractivity contribution in [2.45, 2.75) is 92.9 Å². The van der Waals surface area contributed by atoms with Gasteiger partial charge in [-0.25, -0.2) is 0 Å². The summed E-state index contributed by atoms with van der Waals surface area (Å²) >= 11 is 0. The van der Waals surface area contributed by atoms with E-state index in [2.05, 4.69) is 75.3 Å². The van der Waals surface area contributed by atoms with E-state index in [9.17, 15) is 9.79 Å². The minimum Gasteiger partial charge on any atom is -0.427 e. The standard InChI is InChI=1S/C22H39O3P/c1-19(2,3)14-21(7,8)16-12-11-13-17(25-26(23)24)18(16)22(9,10)15-20(4,5)6/h11-13,23-24H,14-15H2,1-10H3. The van der Waals surface area contributed by atoms with Gasteiger partial charge in [0.2, 0.25) is 0 Å². The fourth-order valence-electron chi connectivity index (χ4n) is 4.79. The highest BCUT2D eigenvalue weighted by Crippen LogP contribution is 2.49. The SMILES string of the molecule is CC(C)(C)CC(C)(C)c1cccc(OP(O)O)c1C(C)(C)CC(C)(C)C. The molecule has 0 atom stereocenters. The highest BCUT2D eigenvalue weighted by atomic mass is 31.2. The van der Waals surface area contributed by atoms with E-state index in [0.717, 1.165) is 18.4 Å². The van der Waals surface area contributed by atoms with E-state index in [4.69, 9.17) is 4.52 Å². The van der Waals surface area contributed by atoms with Crippen molar-refractivity contribution in [3.8, 4) is 5.75 Å². The Kier molecular flexibility index (Phi) is 7.00. The van der Waals surface area contributed by atoms with Crippen LogP contribution < -0.4 is 4.52 Å². The Morgan fingerprint density at radius 3 is 1.65 bits per heavy atom. The van der Waals surface area contributed by atoms with Crippen LogP contribution >= 0.6 is 8.60 Å². The van der Waals surface area contributed by atoms with Gasteiger partial charge >= 0.3 is 8.60 Å². The van der Waals surface area contributed by atoms with E-state index >= 15 is 0 Å². The smallest absolute Gasteiger partial charge is 0.391 e. The van der Waals surface area contributed by atoms with Gasteiger partial charge in [0.1, 0.15) is 5.75 Å². The second-order valence-electron chi connectivity index (χ2n) is 11.3. The van der Waals surface area contributed by atoms with Crippen LogP contribution in [-0.4, -0.2) is 9.79 Å². The van der Waals surface area contributed by atoms with Crippen LogP contribution in [-0.2, 0) is 10.8 Å². The third-order valence-corrected chi connectivity index (χ3v) is 4.92. The fraction of sp³-hybridized carbons (Fsp3) is 0.727. The van der Waals surface area contributed by atoms with E-state index in [-0.39, 0.29) is 21.7 Å². The van der Waals surface area contributed by atoms with Crippen LogP contribution in [0, 0.1) is 10.8 Å². The first-order valence-electron chi connectivity index (χ1n) is 9.44. The molecule has 0 heterocycles. The first-order valence-corrected chi connectivity index (χ1v) is 10.6. The second-order valence-corrected chi connectivity index (χ2v) is 12.0. The molecule has 0 bridgehead atoms. The molecular weight excluding hydrogens is 343 g/mol. The lowest BCUT2D eigenvalue weighted by molar-refractivity contribution is 0.260. The van der Waals surface area contributed by atoms with Crippen molar-refractivity contribution in [3.05, 3.63) is 29.3 Å². The van der Waals surface area contributed by atoms with Gasteiger partial charge < -0.3 is 14.3 Å². The normalized spacial score (nSPS) is 14.0. The van der Waals surface area contributed by atoms with Gasteiger partial charge in [0.15, 0.2) is 0 Å². The summed E-state index contributed by atoms with van der Waals surface area (Å²) < 4.78 is 5.49. The molecule has 0 saturated heterocycles. The Bertz CT molecular complexity index is 605. The number of rotatable bonds is 6. The van der Waals surface area contributed by atoms with Crippen LogP contribution in [0.4, 0.5) is 0 Å². The Morgan fingerprint density at radius 1 is 0.769 bits per heavy atom. The summed E-state index contributed by atoms with van der Waals surface area (Å²) in [5.41, 5.74) is 2.44. The minimum absolute atomic E-state index is 0.0597. The maximum Gasteiger partial charge on any atom is 0.391 e. The molecule has 26 heavy (non-hydrogen) atoms. The zero-order valence-corrected chi connectivity index (χ0v) is 19.3. The molecule has 0 aliphatic carbocycles. The highest BCUT2D eigenvalue weighted by Gasteiger charge is 2.37. The Hall–Kier alpha value is -0.630. The van der Waals surface area contributed by atoms with Gasteiger partial charge in [0, 0.05) is 5.56 Å². The minimum atomic E-state index is -2.45. The zero-order chi connectivity index (χ0) is 20.6. The molecule has 2 N–H and O–H groups in total. The van der Waals surface area contributed by atoms with Gasteiger partial charge in [-0.2, -0.15) is 0 Å². The molecule has 0 saturated carbocycles. The predicted octanol–water partition coefficient (Wildman–Crippen LogP) is 6.70. The van der Waals surface area contributed by atoms with E-state index in [1.165, 1.54) is 5.56 Å². The third-order valence-electron chi connectivity index (χ3n) is 4.56. The quantitative estimate of drug-likeness (QED) is 0.538. The van der Waals surface area contributed by atoms with Crippen molar-refractivity contribution >= 4 is 8.60 Å². The van der Waals surface area contributed by atoms with Crippen molar-refractivity contribution in [2.75, 3.05) is 0 Å². The van der Waals surface area contributed by atoms with E-state index in [1.54, 1.807) is 0 Å². The van der Waals surface area contributed by atoms with Crippen molar-refractivity contribution in [3.63, 3.8) is 0 Å². The van der Waals surface area contributed by atoms with Gasteiger partial charge in [-0.3, -0.25) is 0 Å². The maximum absolute atomic E-state index is 9.51. The van der Waals surface area contributed by atoms with E-state index in [1.807, 2.05) is 12.1 Å². The molecule has 0 amide bonds. The molecule has 1 aromatic carbocycles. The summed E-state index contributed by atoms with van der Waals surface area (Å²) in [6.45, 7) is 22.5. The second kappa shape index (κ2) is 7.78. The number of benzene rings is 1. The van der Waals surface area contributed by atoms with Gasteiger partial charge in [-0.15, -0.1) is 0 Å². The summed E-state index contributed by atoms with van der Waals surface area (Å²) in [4.78, 5) is 19.0. The molecule has 1 aromatic rings. The van der Waals surface area contributed by atoms with Gasteiger partial charge in [-0.05, 0) is 46.1 Å². The van der Waals surface area contributed by atoms with Crippen LogP contribution in [0.25, 0.3) is 0 Å². The monoisotopic (exact) mass is 382 g/mol. The number of hydrogen-bond donors (Lipinski definition) is 2.